The first-order valence-electron chi connectivity index (χ1n) is 8.02. The van der Waals surface area contributed by atoms with E-state index in [4.69, 9.17) is 21.3 Å². The molecule has 0 atom stereocenters. The summed E-state index contributed by atoms with van der Waals surface area (Å²) in [5.41, 5.74) is 1.81. The zero-order valence-corrected chi connectivity index (χ0v) is 15.0. The number of hydrogen-bond donors (Lipinski definition) is 2. The van der Waals surface area contributed by atoms with Crippen LogP contribution in [0.1, 0.15) is 0 Å². The summed E-state index contributed by atoms with van der Waals surface area (Å²) in [6, 6.07) is 15.7. The van der Waals surface area contributed by atoms with Gasteiger partial charge in [0.05, 0.1) is 24.1 Å². The van der Waals surface area contributed by atoms with Crippen LogP contribution in [0, 0.1) is 0 Å². The molecule has 4 rings (SSSR count). The Morgan fingerprint density at radius 2 is 1.80 bits per heavy atom. The average Bonchev–Trinajstić information content (AvgIpc) is 2.62. The van der Waals surface area contributed by atoms with Crippen LogP contribution < -0.4 is 22.6 Å². The van der Waals surface area contributed by atoms with Crippen molar-refractivity contribution in [3.05, 3.63) is 53.6 Å². The lowest BCUT2D eigenvalue weighted by molar-refractivity contribution is -0.843. The average molecular weight is 377 g/mol. The summed E-state index contributed by atoms with van der Waals surface area (Å²) < 4.78 is 5.48. The minimum atomic E-state index is 0. The molecular weight excluding hydrogens is 359 g/mol. The van der Waals surface area contributed by atoms with E-state index in [1.54, 1.807) is 0 Å². The third-order valence-corrected chi connectivity index (χ3v) is 4.35. The van der Waals surface area contributed by atoms with Crippen LogP contribution in [-0.2, 0) is 4.74 Å². The van der Waals surface area contributed by atoms with Gasteiger partial charge in [0, 0.05) is 10.7 Å². The smallest absolute Gasteiger partial charge is 0.238 e. The van der Waals surface area contributed by atoms with Crippen molar-refractivity contribution in [1.29, 1.82) is 0 Å². The van der Waals surface area contributed by atoms with Crippen molar-refractivity contribution in [2.75, 3.05) is 31.6 Å². The van der Waals surface area contributed by atoms with Crippen LogP contribution in [0.2, 0.25) is 5.02 Å². The van der Waals surface area contributed by atoms with Crippen LogP contribution in [-0.4, -0.2) is 36.3 Å². The number of anilines is 2. The number of para-hydroxylation sites is 1. The third kappa shape index (κ3) is 4.02. The third-order valence-electron chi connectivity index (χ3n) is 4.12. The van der Waals surface area contributed by atoms with Crippen molar-refractivity contribution in [3.63, 3.8) is 0 Å². The predicted molar refractivity (Wildman–Crippen MR) is 95.4 cm³/mol. The molecule has 1 fully saturated rings. The topological polar surface area (TPSA) is 51.5 Å². The van der Waals surface area contributed by atoms with Crippen molar-refractivity contribution in [1.82, 2.24) is 9.97 Å². The second-order valence-corrected chi connectivity index (χ2v) is 6.20. The molecule has 0 saturated carbocycles. The van der Waals surface area contributed by atoms with Crippen LogP contribution in [0.5, 0.6) is 0 Å². The summed E-state index contributed by atoms with van der Waals surface area (Å²) in [5.74, 6) is 1.61. The van der Waals surface area contributed by atoms with Gasteiger partial charge in [-0.2, -0.15) is 4.98 Å². The second kappa shape index (κ2) is 7.97. The highest BCUT2D eigenvalue weighted by atomic mass is 35.5. The van der Waals surface area contributed by atoms with Gasteiger partial charge >= 0.3 is 0 Å². The number of nitrogens with zero attached hydrogens (tertiary/aromatic N) is 2. The lowest BCUT2D eigenvalue weighted by atomic mass is 10.2. The Kier molecular flexibility index (Phi) is 5.71. The zero-order chi connectivity index (χ0) is 16.4. The lowest BCUT2D eigenvalue weighted by Gasteiger charge is -2.23. The van der Waals surface area contributed by atoms with Crippen LogP contribution in [0.25, 0.3) is 10.9 Å². The van der Waals surface area contributed by atoms with Crippen molar-refractivity contribution in [3.8, 4) is 0 Å². The molecule has 0 radical (unpaired) electrons. The van der Waals surface area contributed by atoms with E-state index in [9.17, 15) is 0 Å². The highest BCUT2D eigenvalue weighted by Gasteiger charge is 2.22. The van der Waals surface area contributed by atoms with Crippen LogP contribution in [0.15, 0.2) is 48.5 Å². The quantitative estimate of drug-likeness (QED) is 0.651. The molecular formula is C18H18Cl2N4O. The van der Waals surface area contributed by atoms with Crippen molar-refractivity contribution < 1.29 is 22.0 Å². The maximum atomic E-state index is 6.06. The molecule has 1 saturated heterocycles. The van der Waals surface area contributed by atoms with E-state index in [1.807, 2.05) is 42.5 Å². The Bertz CT molecular complexity index is 869. The molecule has 1 aliphatic rings. The molecule has 2 N–H and O–H groups in total. The zero-order valence-electron chi connectivity index (χ0n) is 13.5. The fourth-order valence-corrected chi connectivity index (χ4v) is 3.14. The van der Waals surface area contributed by atoms with E-state index in [0.29, 0.717) is 11.0 Å². The molecule has 0 unspecified atom stereocenters. The summed E-state index contributed by atoms with van der Waals surface area (Å²) in [4.78, 5) is 10.8. The monoisotopic (exact) mass is 376 g/mol. The molecule has 0 spiro atoms. The molecule has 0 bridgehead atoms. The van der Waals surface area contributed by atoms with Gasteiger partial charge in [-0.05, 0) is 30.3 Å². The van der Waals surface area contributed by atoms with E-state index in [1.165, 1.54) is 4.90 Å². The second-order valence-electron chi connectivity index (χ2n) is 5.76. The summed E-state index contributed by atoms with van der Waals surface area (Å²) >= 11 is 6.06. The molecule has 3 aromatic rings. The van der Waals surface area contributed by atoms with E-state index in [2.05, 4.69) is 16.4 Å². The maximum absolute atomic E-state index is 6.06. The summed E-state index contributed by atoms with van der Waals surface area (Å²) in [7, 11) is 0. The summed E-state index contributed by atoms with van der Waals surface area (Å²) in [5, 5.41) is 5.03. The minimum absolute atomic E-state index is 0. The van der Waals surface area contributed by atoms with Gasteiger partial charge in [-0.25, -0.2) is 4.98 Å². The minimum Gasteiger partial charge on any atom is -1.00 e. The number of nitrogens with one attached hydrogen (secondary N) is 2. The number of hydrogen-bond acceptors (Lipinski definition) is 4. The van der Waals surface area contributed by atoms with Gasteiger partial charge in [-0.15, -0.1) is 0 Å². The van der Waals surface area contributed by atoms with Gasteiger partial charge in [0.15, 0.2) is 0 Å². The van der Waals surface area contributed by atoms with Crippen molar-refractivity contribution >= 4 is 40.0 Å². The van der Waals surface area contributed by atoms with Gasteiger partial charge < -0.3 is 22.5 Å². The Hall–Kier alpha value is -1.92. The van der Waals surface area contributed by atoms with Gasteiger partial charge in [-0.3, -0.25) is 4.90 Å². The van der Waals surface area contributed by atoms with Crippen LogP contribution in [0.3, 0.4) is 0 Å². The first kappa shape index (κ1) is 17.9. The SMILES string of the molecule is Clc1cccc(Nc2nc([NH+]3CCOCC3)c3ccccc3n2)c1.[Cl-]. The number of morpholine rings is 1. The molecule has 1 aliphatic heterocycles. The fraction of sp³-hybridized carbons (Fsp3) is 0.222. The van der Waals surface area contributed by atoms with Crippen LogP contribution in [0.4, 0.5) is 17.5 Å². The number of ether oxygens (including phenoxy) is 1. The molecule has 7 heteroatoms. The lowest BCUT2D eigenvalue weighted by Crippen LogP contribution is -3.09. The molecule has 2 heterocycles. The van der Waals surface area contributed by atoms with Gasteiger partial charge in [0.25, 0.3) is 0 Å². The highest BCUT2D eigenvalue weighted by Crippen LogP contribution is 2.22. The van der Waals surface area contributed by atoms with Gasteiger partial charge in [-0.1, -0.05) is 29.8 Å². The molecule has 0 aliphatic carbocycles. The molecule has 5 nitrogen and oxygen atoms in total. The number of rotatable bonds is 3. The normalized spacial score (nSPS) is 14.9. The highest BCUT2D eigenvalue weighted by molar-refractivity contribution is 6.30. The number of fused-ring (bicyclic) bond motifs is 1. The Morgan fingerprint density at radius 3 is 2.60 bits per heavy atom. The first-order chi connectivity index (χ1) is 11.8. The fourth-order valence-electron chi connectivity index (χ4n) is 2.95. The van der Waals surface area contributed by atoms with E-state index in [-0.39, 0.29) is 12.4 Å². The Labute approximate surface area is 157 Å². The van der Waals surface area contributed by atoms with E-state index < -0.39 is 0 Å². The summed E-state index contributed by atoms with van der Waals surface area (Å²) in [6.45, 7) is 3.34. The van der Waals surface area contributed by atoms with E-state index in [0.717, 1.165) is 48.7 Å². The molecule has 25 heavy (non-hydrogen) atoms. The van der Waals surface area contributed by atoms with E-state index >= 15 is 0 Å². The van der Waals surface area contributed by atoms with Crippen molar-refractivity contribution in [2.24, 2.45) is 0 Å². The van der Waals surface area contributed by atoms with Gasteiger partial charge in [0.2, 0.25) is 11.8 Å². The Balaban J connectivity index is 0.00000182. The van der Waals surface area contributed by atoms with Crippen LogP contribution >= 0.6 is 11.6 Å². The number of aromatic nitrogens is 2. The Morgan fingerprint density at radius 1 is 1.00 bits per heavy atom. The first-order valence-corrected chi connectivity index (χ1v) is 8.39. The molecule has 1 aromatic heterocycles. The molecule has 130 valence electrons. The largest absolute Gasteiger partial charge is 1.00 e. The maximum Gasteiger partial charge on any atom is 0.238 e. The predicted octanol–water partition coefficient (Wildman–Crippen LogP) is -0.423. The number of benzene rings is 2. The van der Waals surface area contributed by atoms with Crippen molar-refractivity contribution in [2.45, 2.75) is 0 Å². The molecule has 0 amide bonds. The number of halogens is 2. The molecule has 2 aromatic carbocycles. The van der Waals surface area contributed by atoms with Gasteiger partial charge in [0.1, 0.15) is 13.1 Å². The summed E-state index contributed by atoms with van der Waals surface area (Å²) in [6.07, 6.45) is 0. The number of quaternary nitrogens is 1. The standard InChI is InChI=1S/C18H17ClN4O.ClH/c19-13-4-3-5-14(12-13)20-18-21-16-7-2-1-6-15(16)17(22-18)23-8-10-24-11-9-23;/h1-7,12H,8-11H2,(H,20,21,22);1H.